The summed E-state index contributed by atoms with van der Waals surface area (Å²) >= 11 is 3.22. The number of halogens is 1. The van der Waals surface area contributed by atoms with Crippen LogP contribution in [0.4, 0.5) is 11.5 Å². The number of hydrogen-bond donors (Lipinski definition) is 1. The van der Waals surface area contributed by atoms with Gasteiger partial charge < -0.3 is 10.1 Å². The molecular weight excluding hydrogens is 326 g/mol. The Morgan fingerprint density at radius 2 is 2.20 bits per heavy atom. The molecule has 0 spiro atoms. The van der Waals surface area contributed by atoms with E-state index >= 15 is 0 Å². The molecule has 0 amide bonds. The lowest BCUT2D eigenvalue weighted by Crippen LogP contribution is -1.99. The van der Waals surface area contributed by atoms with Crippen LogP contribution in [0, 0.1) is 10.1 Å². The zero-order chi connectivity index (χ0) is 14.5. The Hall–Kier alpha value is -2.15. The van der Waals surface area contributed by atoms with Crippen LogP contribution in [0.15, 0.2) is 40.9 Å². The zero-order valence-corrected chi connectivity index (χ0v) is 12.3. The third-order valence-electron chi connectivity index (χ3n) is 2.37. The molecule has 0 aliphatic carbocycles. The summed E-state index contributed by atoms with van der Waals surface area (Å²) in [6.45, 7) is 2.71. The van der Waals surface area contributed by atoms with Gasteiger partial charge in [-0.1, -0.05) is 22.0 Å². The van der Waals surface area contributed by atoms with Crippen LogP contribution < -0.4 is 10.1 Å². The molecule has 20 heavy (non-hydrogen) atoms. The Morgan fingerprint density at radius 3 is 2.90 bits per heavy atom. The van der Waals surface area contributed by atoms with Crippen LogP contribution in [0.3, 0.4) is 0 Å². The molecular formula is C13H12BrN3O3. The summed E-state index contributed by atoms with van der Waals surface area (Å²) in [6.07, 6.45) is 0. The number of pyridine rings is 1. The second kappa shape index (κ2) is 6.33. The van der Waals surface area contributed by atoms with E-state index in [9.17, 15) is 10.1 Å². The van der Waals surface area contributed by atoms with Crippen molar-refractivity contribution in [2.75, 3.05) is 11.9 Å². The van der Waals surface area contributed by atoms with Crippen molar-refractivity contribution in [1.82, 2.24) is 4.98 Å². The van der Waals surface area contributed by atoms with Crippen molar-refractivity contribution >= 4 is 27.4 Å². The van der Waals surface area contributed by atoms with Gasteiger partial charge in [0.1, 0.15) is 11.6 Å². The van der Waals surface area contributed by atoms with E-state index in [0.29, 0.717) is 21.9 Å². The van der Waals surface area contributed by atoms with E-state index in [1.807, 2.05) is 13.0 Å². The van der Waals surface area contributed by atoms with Gasteiger partial charge in [-0.15, -0.1) is 0 Å². The van der Waals surface area contributed by atoms with Gasteiger partial charge in [0, 0.05) is 23.2 Å². The molecule has 1 heterocycles. The standard InChI is InChI=1S/C13H12BrN3O3/c1-2-15-12-4-3-5-13(16-12)20-11-7-9(14)6-10(8-11)17(18)19/h3-8H,2H2,1H3,(H,15,16). The largest absolute Gasteiger partial charge is 0.439 e. The predicted octanol–water partition coefficient (Wildman–Crippen LogP) is 3.98. The van der Waals surface area contributed by atoms with Crippen LogP contribution in [0.25, 0.3) is 0 Å². The van der Waals surface area contributed by atoms with E-state index in [1.54, 1.807) is 18.2 Å². The van der Waals surface area contributed by atoms with Gasteiger partial charge in [0.25, 0.3) is 5.69 Å². The van der Waals surface area contributed by atoms with Gasteiger partial charge in [0.05, 0.1) is 11.0 Å². The first-order valence-electron chi connectivity index (χ1n) is 5.92. The quantitative estimate of drug-likeness (QED) is 0.659. The van der Waals surface area contributed by atoms with E-state index in [2.05, 4.69) is 26.2 Å². The van der Waals surface area contributed by atoms with Crippen molar-refractivity contribution in [3.05, 3.63) is 51.0 Å². The number of ether oxygens (including phenoxy) is 1. The summed E-state index contributed by atoms with van der Waals surface area (Å²) < 4.78 is 6.13. The molecule has 0 fully saturated rings. The normalized spacial score (nSPS) is 10.1. The maximum Gasteiger partial charge on any atom is 0.274 e. The molecule has 0 saturated carbocycles. The molecule has 0 atom stereocenters. The van der Waals surface area contributed by atoms with Gasteiger partial charge in [-0.3, -0.25) is 10.1 Å². The summed E-state index contributed by atoms with van der Waals surface area (Å²) in [5, 5.41) is 13.9. The molecule has 6 nitrogen and oxygen atoms in total. The van der Waals surface area contributed by atoms with E-state index in [4.69, 9.17) is 4.74 Å². The molecule has 0 aliphatic heterocycles. The zero-order valence-electron chi connectivity index (χ0n) is 10.7. The first kappa shape index (κ1) is 14.3. The van der Waals surface area contributed by atoms with E-state index in [0.717, 1.165) is 6.54 Å². The van der Waals surface area contributed by atoms with Crippen LogP contribution in [0.1, 0.15) is 6.92 Å². The number of hydrogen-bond acceptors (Lipinski definition) is 5. The first-order valence-corrected chi connectivity index (χ1v) is 6.71. The highest BCUT2D eigenvalue weighted by Crippen LogP contribution is 2.29. The van der Waals surface area contributed by atoms with Crippen molar-refractivity contribution in [3.8, 4) is 11.6 Å². The van der Waals surface area contributed by atoms with Gasteiger partial charge in [-0.05, 0) is 19.1 Å². The smallest absolute Gasteiger partial charge is 0.274 e. The molecule has 0 aliphatic rings. The third kappa shape index (κ3) is 3.67. The molecule has 0 radical (unpaired) electrons. The van der Waals surface area contributed by atoms with Gasteiger partial charge in [0.15, 0.2) is 0 Å². The highest BCUT2D eigenvalue weighted by atomic mass is 79.9. The number of nitrogens with one attached hydrogen (secondary N) is 1. The number of rotatable bonds is 5. The maximum absolute atomic E-state index is 10.8. The van der Waals surface area contributed by atoms with Crippen molar-refractivity contribution in [2.24, 2.45) is 0 Å². The number of aromatic nitrogens is 1. The SMILES string of the molecule is CCNc1cccc(Oc2cc(Br)cc([N+](=O)[O-])c2)n1. The molecule has 104 valence electrons. The van der Waals surface area contributed by atoms with Crippen LogP contribution in [0.2, 0.25) is 0 Å². The molecule has 1 aromatic heterocycles. The molecule has 2 rings (SSSR count). The Morgan fingerprint density at radius 1 is 1.40 bits per heavy atom. The van der Waals surface area contributed by atoms with Crippen molar-refractivity contribution in [1.29, 1.82) is 0 Å². The predicted molar refractivity (Wildman–Crippen MR) is 79.3 cm³/mol. The van der Waals surface area contributed by atoms with Crippen molar-refractivity contribution in [2.45, 2.75) is 6.92 Å². The fourth-order valence-electron chi connectivity index (χ4n) is 1.58. The lowest BCUT2D eigenvalue weighted by atomic mass is 10.3. The molecule has 0 bridgehead atoms. The highest BCUT2D eigenvalue weighted by Gasteiger charge is 2.10. The Balaban J connectivity index is 2.25. The average molecular weight is 338 g/mol. The summed E-state index contributed by atoms with van der Waals surface area (Å²) in [5.74, 6) is 1.41. The second-order valence-corrected chi connectivity index (χ2v) is 4.81. The van der Waals surface area contributed by atoms with Crippen LogP contribution >= 0.6 is 15.9 Å². The van der Waals surface area contributed by atoms with Crippen LogP contribution in [-0.2, 0) is 0 Å². The van der Waals surface area contributed by atoms with Crippen molar-refractivity contribution in [3.63, 3.8) is 0 Å². The lowest BCUT2D eigenvalue weighted by Gasteiger charge is -2.07. The summed E-state index contributed by atoms with van der Waals surface area (Å²) in [4.78, 5) is 14.6. The van der Waals surface area contributed by atoms with Crippen LogP contribution in [0.5, 0.6) is 11.6 Å². The van der Waals surface area contributed by atoms with E-state index < -0.39 is 4.92 Å². The van der Waals surface area contributed by atoms with Gasteiger partial charge in [-0.25, -0.2) is 0 Å². The third-order valence-corrected chi connectivity index (χ3v) is 2.83. The molecule has 0 saturated heterocycles. The topological polar surface area (TPSA) is 77.3 Å². The minimum absolute atomic E-state index is 0.0442. The summed E-state index contributed by atoms with van der Waals surface area (Å²) in [6, 6.07) is 9.72. The number of non-ortho nitro benzene ring substituents is 1. The van der Waals surface area contributed by atoms with Crippen molar-refractivity contribution < 1.29 is 9.66 Å². The minimum atomic E-state index is -0.472. The van der Waals surface area contributed by atoms with Gasteiger partial charge in [0.2, 0.25) is 5.88 Å². The second-order valence-electron chi connectivity index (χ2n) is 3.90. The number of nitro groups is 1. The number of nitro benzene ring substituents is 1. The molecule has 7 heteroatoms. The fraction of sp³-hybridized carbons (Fsp3) is 0.154. The summed E-state index contributed by atoms with van der Waals surface area (Å²) in [7, 11) is 0. The van der Waals surface area contributed by atoms with Gasteiger partial charge in [-0.2, -0.15) is 4.98 Å². The molecule has 2 aromatic rings. The number of benzene rings is 1. The number of nitrogens with zero attached hydrogens (tertiary/aromatic N) is 2. The van der Waals surface area contributed by atoms with E-state index in [-0.39, 0.29) is 5.69 Å². The first-order chi connectivity index (χ1) is 9.58. The maximum atomic E-state index is 10.8. The van der Waals surface area contributed by atoms with E-state index in [1.165, 1.54) is 12.1 Å². The fourth-order valence-corrected chi connectivity index (χ4v) is 2.04. The Labute approximate surface area is 124 Å². The number of anilines is 1. The summed E-state index contributed by atoms with van der Waals surface area (Å²) in [5.41, 5.74) is -0.0442. The molecule has 0 unspecified atom stereocenters. The average Bonchev–Trinajstić information content (AvgIpc) is 2.38. The Kier molecular flexibility index (Phi) is 4.52. The minimum Gasteiger partial charge on any atom is -0.439 e. The Bertz CT molecular complexity index is 634. The molecule has 1 aromatic carbocycles. The lowest BCUT2D eigenvalue weighted by molar-refractivity contribution is -0.385. The highest BCUT2D eigenvalue weighted by molar-refractivity contribution is 9.10. The molecule has 1 N–H and O–H groups in total. The van der Waals surface area contributed by atoms with Crippen LogP contribution in [-0.4, -0.2) is 16.5 Å². The monoisotopic (exact) mass is 337 g/mol. The van der Waals surface area contributed by atoms with Gasteiger partial charge >= 0.3 is 0 Å².